The molecule has 0 aliphatic carbocycles. The van der Waals surface area contributed by atoms with Gasteiger partial charge in [-0.3, -0.25) is 37.3 Å². The Bertz CT molecular complexity index is 1650. The van der Waals surface area contributed by atoms with Gasteiger partial charge in [0.25, 0.3) is 0 Å². The van der Waals surface area contributed by atoms with E-state index in [4.69, 9.17) is 37.0 Å². The number of aliphatic hydroxyl groups excluding tert-OH is 1. The van der Waals surface area contributed by atoms with Gasteiger partial charge in [0.15, 0.2) is 12.2 Å². The van der Waals surface area contributed by atoms with Crippen LogP contribution in [0.2, 0.25) is 0 Å². The predicted octanol–water partition coefficient (Wildman–Crippen LogP) is 17.5. The standard InChI is InChI=1S/C64H124O17P2/c1-8-11-12-28-38-45-61(66)74-51-59(80-64(69)48-41-34-27-21-20-24-31-37-44-57(7)10-3)53-78-82(70,71)76-49-58(65)50-77-83(72,73)79-54-60(52-75-62(67)46-39-32-25-19-15-16-22-29-35-42-55(4)5)81-63(68)47-40-33-26-18-14-13-17-23-30-36-43-56(6)9-2/h55-60,65H,8-54H2,1-7H3,(H,70,71)(H,72,73)/t56?,57?,58-,59+,60+/m0/s1. The highest BCUT2D eigenvalue weighted by molar-refractivity contribution is 7.47. The molecule has 0 aromatic carbocycles. The molecule has 0 aliphatic heterocycles. The van der Waals surface area contributed by atoms with Crippen molar-refractivity contribution in [2.45, 2.75) is 330 Å². The molecule has 492 valence electrons. The van der Waals surface area contributed by atoms with Crippen molar-refractivity contribution >= 4 is 39.5 Å². The molecular formula is C64H124O17P2. The Labute approximate surface area is 505 Å². The van der Waals surface area contributed by atoms with Gasteiger partial charge in [0.2, 0.25) is 0 Å². The van der Waals surface area contributed by atoms with Crippen LogP contribution in [0.25, 0.3) is 0 Å². The van der Waals surface area contributed by atoms with Crippen LogP contribution in [-0.2, 0) is 65.4 Å². The third kappa shape index (κ3) is 56.3. The lowest BCUT2D eigenvalue weighted by atomic mass is 9.99. The molecule has 17 nitrogen and oxygen atoms in total. The van der Waals surface area contributed by atoms with Gasteiger partial charge in [-0.05, 0) is 43.4 Å². The minimum Gasteiger partial charge on any atom is -0.462 e. The van der Waals surface area contributed by atoms with E-state index in [9.17, 15) is 43.2 Å². The number of rotatable bonds is 62. The molecule has 19 heteroatoms. The van der Waals surface area contributed by atoms with Crippen molar-refractivity contribution in [1.82, 2.24) is 0 Å². The molecule has 4 unspecified atom stereocenters. The summed E-state index contributed by atoms with van der Waals surface area (Å²) in [5, 5.41) is 10.5. The van der Waals surface area contributed by atoms with Gasteiger partial charge in [0.05, 0.1) is 26.4 Å². The highest BCUT2D eigenvalue weighted by atomic mass is 31.2. The third-order valence-corrected chi connectivity index (χ3v) is 17.3. The van der Waals surface area contributed by atoms with E-state index in [0.29, 0.717) is 25.7 Å². The summed E-state index contributed by atoms with van der Waals surface area (Å²) < 4.78 is 67.8. The van der Waals surface area contributed by atoms with Crippen molar-refractivity contribution in [1.29, 1.82) is 0 Å². The number of phosphoric ester groups is 2. The first-order valence-electron chi connectivity index (χ1n) is 33.4. The Morgan fingerprint density at radius 3 is 0.916 bits per heavy atom. The number of unbranched alkanes of at least 4 members (excludes halogenated alkanes) is 28. The molecule has 0 amide bonds. The average molecular weight is 1230 g/mol. The van der Waals surface area contributed by atoms with Crippen LogP contribution in [0.1, 0.15) is 312 Å². The van der Waals surface area contributed by atoms with E-state index in [1.165, 1.54) is 116 Å². The van der Waals surface area contributed by atoms with Crippen molar-refractivity contribution in [2.75, 3.05) is 39.6 Å². The van der Waals surface area contributed by atoms with Crippen LogP contribution in [0, 0.1) is 17.8 Å². The fourth-order valence-electron chi connectivity index (χ4n) is 9.42. The van der Waals surface area contributed by atoms with Gasteiger partial charge in [-0.2, -0.15) is 0 Å². The maximum absolute atomic E-state index is 13.0. The monoisotopic (exact) mass is 1230 g/mol. The Morgan fingerprint density at radius 1 is 0.349 bits per heavy atom. The normalized spacial score (nSPS) is 15.0. The zero-order valence-electron chi connectivity index (χ0n) is 53.6. The molecule has 3 N–H and O–H groups in total. The van der Waals surface area contributed by atoms with Gasteiger partial charge in [0, 0.05) is 25.7 Å². The van der Waals surface area contributed by atoms with Crippen molar-refractivity contribution in [3.63, 3.8) is 0 Å². The van der Waals surface area contributed by atoms with Crippen molar-refractivity contribution in [3.8, 4) is 0 Å². The Kier molecular flexibility index (Phi) is 54.1. The number of ether oxygens (including phenoxy) is 4. The van der Waals surface area contributed by atoms with Crippen LogP contribution >= 0.6 is 15.6 Å². The third-order valence-electron chi connectivity index (χ3n) is 15.4. The van der Waals surface area contributed by atoms with E-state index < -0.39 is 97.5 Å². The van der Waals surface area contributed by atoms with Crippen LogP contribution in [-0.4, -0.2) is 96.7 Å². The molecule has 0 radical (unpaired) electrons. The lowest BCUT2D eigenvalue weighted by Gasteiger charge is -2.21. The van der Waals surface area contributed by atoms with Gasteiger partial charge < -0.3 is 33.8 Å². The summed E-state index contributed by atoms with van der Waals surface area (Å²) in [6.45, 7) is 11.7. The molecule has 0 saturated carbocycles. The molecule has 0 saturated heterocycles. The predicted molar refractivity (Wildman–Crippen MR) is 331 cm³/mol. The van der Waals surface area contributed by atoms with Crippen LogP contribution in [0.5, 0.6) is 0 Å². The zero-order valence-corrected chi connectivity index (χ0v) is 55.4. The summed E-state index contributed by atoms with van der Waals surface area (Å²) in [7, 11) is -9.88. The fourth-order valence-corrected chi connectivity index (χ4v) is 11.0. The van der Waals surface area contributed by atoms with Gasteiger partial charge in [-0.1, -0.05) is 260 Å². The lowest BCUT2D eigenvalue weighted by molar-refractivity contribution is -0.161. The van der Waals surface area contributed by atoms with Crippen LogP contribution < -0.4 is 0 Å². The number of carbonyl (C=O) groups excluding carboxylic acids is 4. The minimum atomic E-state index is -4.94. The van der Waals surface area contributed by atoms with Crippen LogP contribution in [0.15, 0.2) is 0 Å². The van der Waals surface area contributed by atoms with Gasteiger partial charge in [-0.15, -0.1) is 0 Å². The molecule has 0 fully saturated rings. The molecule has 0 aliphatic rings. The van der Waals surface area contributed by atoms with E-state index in [1.54, 1.807) is 0 Å². The molecule has 0 bridgehead atoms. The largest absolute Gasteiger partial charge is 0.472 e. The lowest BCUT2D eigenvalue weighted by Crippen LogP contribution is -2.30. The van der Waals surface area contributed by atoms with Gasteiger partial charge in [-0.25, -0.2) is 9.13 Å². The smallest absolute Gasteiger partial charge is 0.462 e. The van der Waals surface area contributed by atoms with Gasteiger partial charge >= 0.3 is 39.5 Å². The molecule has 0 aromatic heterocycles. The number of esters is 4. The van der Waals surface area contributed by atoms with Gasteiger partial charge in [0.1, 0.15) is 19.3 Å². The van der Waals surface area contributed by atoms with E-state index in [1.807, 2.05) is 0 Å². The summed E-state index contributed by atoms with van der Waals surface area (Å²) in [4.78, 5) is 72.0. The van der Waals surface area contributed by atoms with E-state index >= 15 is 0 Å². The second kappa shape index (κ2) is 55.4. The number of carbonyl (C=O) groups is 4. The van der Waals surface area contributed by atoms with E-state index in [2.05, 4.69) is 48.5 Å². The first-order chi connectivity index (χ1) is 39.8. The summed E-state index contributed by atoms with van der Waals surface area (Å²) in [5.74, 6) is 0.170. The summed E-state index contributed by atoms with van der Waals surface area (Å²) in [6, 6.07) is 0. The molecule has 0 aromatic rings. The number of hydrogen-bond donors (Lipinski definition) is 3. The number of aliphatic hydroxyl groups is 1. The zero-order chi connectivity index (χ0) is 61.7. The first kappa shape index (κ1) is 81.1. The first-order valence-corrected chi connectivity index (χ1v) is 36.4. The van der Waals surface area contributed by atoms with Crippen molar-refractivity contribution in [3.05, 3.63) is 0 Å². The maximum atomic E-state index is 13.0. The maximum Gasteiger partial charge on any atom is 0.472 e. The second-order valence-corrected chi connectivity index (χ2v) is 27.0. The molecule has 0 rings (SSSR count). The Hall–Kier alpha value is -1.94. The van der Waals surface area contributed by atoms with E-state index in [-0.39, 0.29) is 25.7 Å². The van der Waals surface area contributed by atoms with Crippen molar-refractivity contribution in [2.24, 2.45) is 17.8 Å². The number of phosphoric acid groups is 2. The summed E-state index contributed by atoms with van der Waals surface area (Å²) >= 11 is 0. The molecule has 0 heterocycles. The average Bonchev–Trinajstić information content (AvgIpc) is 3.45. The molecule has 7 atom stereocenters. The Balaban J connectivity index is 5.20. The second-order valence-electron chi connectivity index (χ2n) is 24.1. The van der Waals surface area contributed by atoms with Crippen LogP contribution in [0.3, 0.4) is 0 Å². The molecule has 0 spiro atoms. The number of hydrogen-bond acceptors (Lipinski definition) is 15. The van der Waals surface area contributed by atoms with Crippen molar-refractivity contribution < 1.29 is 80.2 Å². The molecular weight excluding hydrogens is 1100 g/mol. The highest BCUT2D eigenvalue weighted by Crippen LogP contribution is 2.45. The minimum absolute atomic E-state index is 0.104. The Morgan fingerprint density at radius 2 is 0.614 bits per heavy atom. The summed E-state index contributed by atoms with van der Waals surface area (Å²) in [5.41, 5.74) is 0. The highest BCUT2D eigenvalue weighted by Gasteiger charge is 2.30. The van der Waals surface area contributed by atoms with Crippen LogP contribution in [0.4, 0.5) is 0 Å². The summed E-state index contributed by atoms with van der Waals surface area (Å²) in [6.07, 6.45) is 36.4. The van der Waals surface area contributed by atoms with E-state index in [0.717, 1.165) is 114 Å². The quantitative estimate of drug-likeness (QED) is 0.0222. The fraction of sp³-hybridized carbons (Fsp3) is 0.938. The topological polar surface area (TPSA) is 237 Å². The molecule has 83 heavy (non-hydrogen) atoms. The SMILES string of the molecule is CCCCCCCC(=O)OC[C@H](COP(=O)(O)OC[C@H](O)COP(=O)(O)OC[C@@H](COC(=O)CCCCCCCCCCCC(C)C)OC(=O)CCCCCCCCCCCCC(C)CC)OC(=O)CCCCCCCCCCC(C)CC.